The summed E-state index contributed by atoms with van der Waals surface area (Å²) in [5.41, 5.74) is 0. The molecule has 0 saturated carbocycles. The van der Waals surface area contributed by atoms with Gasteiger partial charge in [-0.1, -0.05) is 211 Å². The molecule has 1 fully saturated rings. The summed E-state index contributed by atoms with van der Waals surface area (Å²) < 4.78 is 17.5. The number of aliphatic hydroxyl groups is 5. The molecule has 0 spiro atoms. The zero-order valence-corrected chi connectivity index (χ0v) is 42.1. The third-order valence-corrected chi connectivity index (χ3v) is 12.5. The maximum absolute atomic E-state index is 13.3. The highest BCUT2D eigenvalue weighted by Gasteiger charge is 2.47. The Morgan fingerprint density at radius 3 is 1.64 bits per heavy atom. The fourth-order valence-electron chi connectivity index (χ4n) is 8.19. The SMILES string of the molecule is CC/C=C/C/C=C/C/C=C/CCCCCC(O)C(=O)NC(COC1OC(CO)C(O)C(O)C1OC(=O)CCCCCCCCCCCCC)C(O)/C=C/CCCCCCCCCCCCC. The van der Waals surface area contributed by atoms with Crippen LogP contribution in [-0.2, 0) is 23.8 Å². The molecule has 1 aliphatic rings. The minimum absolute atomic E-state index is 0.122. The van der Waals surface area contributed by atoms with Crippen LogP contribution >= 0.6 is 0 Å². The molecule has 384 valence electrons. The van der Waals surface area contributed by atoms with Crippen LogP contribution in [0.1, 0.15) is 226 Å². The molecular weight excluding hydrogens is 835 g/mol. The molecule has 0 aromatic carbocycles. The Morgan fingerprint density at radius 2 is 1.09 bits per heavy atom. The zero-order chi connectivity index (χ0) is 48.3. The first kappa shape index (κ1) is 61.6. The van der Waals surface area contributed by atoms with Crippen molar-refractivity contribution in [3.8, 4) is 0 Å². The van der Waals surface area contributed by atoms with Crippen LogP contribution in [0.4, 0.5) is 0 Å². The van der Waals surface area contributed by atoms with Crippen molar-refractivity contribution in [3.05, 3.63) is 48.6 Å². The van der Waals surface area contributed by atoms with Crippen molar-refractivity contribution in [2.24, 2.45) is 0 Å². The van der Waals surface area contributed by atoms with Gasteiger partial charge in [0.25, 0.3) is 0 Å². The highest BCUT2D eigenvalue weighted by molar-refractivity contribution is 5.80. The third-order valence-electron chi connectivity index (χ3n) is 12.5. The topological polar surface area (TPSA) is 175 Å². The molecule has 66 heavy (non-hydrogen) atoms. The van der Waals surface area contributed by atoms with Gasteiger partial charge in [-0.3, -0.25) is 9.59 Å². The number of hydrogen-bond donors (Lipinski definition) is 6. The van der Waals surface area contributed by atoms with E-state index in [1.165, 1.54) is 103 Å². The quantitative estimate of drug-likeness (QED) is 0.0196. The molecule has 1 rings (SSSR count). The van der Waals surface area contributed by atoms with Gasteiger partial charge < -0.3 is 45.1 Å². The van der Waals surface area contributed by atoms with E-state index in [0.717, 1.165) is 77.0 Å². The number of amides is 1. The molecule has 0 aromatic rings. The lowest BCUT2D eigenvalue weighted by Crippen LogP contribution is -2.61. The van der Waals surface area contributed by atoms with E-state index in [0.29, 0.717) is 12.8 Å². The van der Waals surface area contributed by atoms with E-state index in [2.05, 4.69) is 62.5 Å². The number of allylic oxidation sites excluding steroid dienone is 7. The normalized spacial score (nSPS) is 20.5. The van der Waals surface area contributed by atoms with E-state index in [-0.39, 0.29) is 19.4 Å². The molecule has 11 nitrogen and oxygen atoms in total. The summed E-state index contributed by atoms with van der Waals surface area (Å²) in [4.78, 5) is 26.3. The van der Waals surface area contributed by atoms with Gasteiger partial charge >= 0.3 is 5.97 Å². The van der Waals surface area contributed by atoms with E-state index in [1.807, 2.05) is 6.08 Å². The number of carbonyl (C=O) groups excluding carboxylic acids is 2. The standard InChI is InChI=1S/C55H99NO10/c1-4-7-10-13-16-19-22-24-27-29-32-35-38-41-47(58)46(56-54(63)48(59)42-39-36-33-30-28-25-23-20-17-14-11-8-5-2)45-64-55-53(52(62)51(61)49(44-57)65-55)66-50(60)43-40-37-34-31-26-21-18-15-12-9-6-3/h8,11,17,20,25,28,38,41,46-49,51-53,55,57-59,61-62H,4-7,9-10,12-16,18-19,21-24,26-27,29-37,39-40,42-45H2,1-3H3,(H,56,63)/b11-8+,20-17+,28-25+,41-38+. The summed E-state index contributed by atoms with van der Waals surface area (Å²) in [6.07, 6.45) is 40.2. The van der Waals surface area contributed by atoms with E-state index >= 15 is 0 Å². The second-order valence-corrected chi connectivity index (χ2v) is 18.6. The Hall–Kier alpha value is -2.38. The van der Waals surface area contributed by atoms with Crippen molar-refractivity contribution < 1.29 is 49.3 Å². The maximum atomic E-state index is 13.3. The van der Waals surface area contributed by atoms with E-state index in [1.54, 1.807) is 6.08 Å². The van der Waals surface area contributed by atoms with Crippen molar-refractivity contribution in [2.75, 3.05) is 13.2 Å². The molecule has 1 amide bonds. The lowest BCUT2D eigenvalue weighted by atomic mass is 9.99. The van der Waals surface area contributed by atoms with Gasteiger partial charge in [0.1, 0.15) is 24.4 Å². The Kier molecular flexibility index (Phi) is 41.0. The van der Waals surface area contributed by atoms with Crippen LogP contribution in [0.25, 0.3) is 0 Å². The predicted molar refractivity (Wildman–Crippen MR) is 269 cm³/mol. The molecule has 6 N–H and O–H groups in total. The van der Waals surface area contributed by atoms with E-state index in [9.17, 15) is 35.1 Å². The number of esters is 1. The average molecular weight is 934 g/mol. The zero-order valence-electron chi connectivity index (χ0n) is 42.1. The number of hydrogen-bond acceptors (Lipinski definition) is 10. The van der Waals surface area contributed by atoms with Crippen LogP contribution < -0.4 is 5.32 Å². The van der Waals surface area contributed by atoms with Gasteiger partial charge in [0.05, 0.1) is 25.4 Å². The summed E-state index contributed by atoms with van der Waals surface area (Å²) in [6.45, 7) is 5.62. The minimum Gasteiger partial charge on any atom is -0.454 e. The summed E-state index contributed by atoms with van der Waals surface area (Å²) in [6, 6.07) is -1.03. The molecule has 1 saturated heterocycles. The summed E-state index contributed by atoms with van der Waals surface area (Å²) in [5.74, 6) is -1.22. The second-order valence-electron chi connectivity index (χ2n) is 18.6. The lowest BCUT2D eigenvalue weighted by Gasteiger charge is -2.41. The molecule has 8 atom stereocenters. The van der Waals surface area contributed by atoms with Gasteiger partial charge in [0.15, 0.2) is 12.4 Å². The second kappa shape index (κ2) is 43.9. The van der Waals surface area contributed by atoms with Gasteiger partial charge in [0.2, 0.25) is 5.91 Å². The first-order valence-corrected chi connectivity index (χ1v) is 26.9. The van der Waals surface area contributed by atoms with Gasteiger partial charge in [-0.2, -0.15) is 0 Å². The highest BCUT2D eigenvalue weighted by atomic mass is 16.7. The summed E-state index contributed by atoms with van der Waals surface area (Å²) >= 11 is 0. The van der Waals surface area contributed by atoms with E-state index in [4.69, 9.17) is 14.2 Å². The van der Waals surface area contributed by atoms with Crippen LogP contribution in [0.2, 0.25) is 0 Å². The monoisotopic (exact) mass is 934 g/mol. The number of unbranched alkanes of at least 4 members (excludes halogenated alkanes) is 24. The number of aliphatic hydroxyl groups excluding tert-OH is 5. The molecule has 0 radical (unpaired) electrons. The average Bonchev–Trinajstić information content (AvgIpc) is 3.31. The van der Waals surface area contributed by atoms with Crippen molar-refractivity contribution in [1.82, 2.24) is 5.32 Å². The molecule has 8 unspecified atom stereocenters. The molecule has 0 aromatic heterocycles. The predicted octanol–water partition coefficient (Wildman–Crippen LogP) is 11.3. The number of ether oxygens (including phenoxy) is 3. The van der Waals surface area contributed by atoms with Crippen molar-refractivity contribution in [1.29, 1.82) is 0 Å². The van der Waals surface area contributed by atoms with Crippen LogP contribution in [0.15, 0.2) is 48.6 Å². The Bertz CT molecular complexity index is 1260. The van der Waals surface area contributed by atoms with Gasteiger partial charge in [-0.25, -0.2) is 0 Å². The summed E-state index contributed by atoms with van der Waals surface area (Å²) in [5, 5.41) is 56.6. The smallest absolute Gasteiger partial charge is 0.306 e. The van der Waals surface area contributed by atoms with Crippen molar-refractivity contribution >= 4 is 11.9 Å². The van der Waals surface area contributed by atoms with Crippen LogP contribution in [0, 0.1) is 0 Å². The number of rotatable bonds is 44. The fourth-order valence-corrected chi connectivity index (χ4v) is 8.19. The minimum atomic E-state index is -1.61. The Balaban J connectivity index is 2.80. The molecular formula is C55H99NO10. The largest absolute Gasteiger partial charge is 0.454 e. The Morgan fingerprint density at radius 1 is 0.606 bits per heavy atom. The van der Waals surface area contributed by atoms with Gasteiger partial charge in [-0.15, -0.1) is 0 Å². The number of carbonyl (C=O) groups is 2. The lowest BCUT2D eigenvalue weighted by molar-refractivity contribution is -0.305. The fraction of sp³-hybridized carbons (Fsp3) is 0.818. The maximum Gasteiger partial charge on any atom is 0.306 e. The Labute approximate surface area is 402 Å². The van der Waals surface area contributed by atoms with Crippen LogP contribution in [0.5, 0.6) is 0 Å². The molecule has 1 aliphatic heterocycles. The summed E-state index contributed by atoms with van der Waals surface area (Å²) in [7, 11) is 0. The highest BCUT2D eigenvalue weighted by Crippen LogP contribution is 2.26. The van der Waals surface area contributed by atoms with Crippen molar-refractivity contribution in [3.63, 3.8) is 0 Å². The molecule has 11 heteroatoms. The first-order valence-electron chi connectivity index (χ1n) is 26.9. The van der Waals surface area contributed by atoms with Gasteiger partial charge in [-0.05, 0) is 57.8 Å². The molecule has 0 bridgehead atoms. The van der Waals surface area contributed by atoms with Crippen molar-refractivity contribution in [2.45, 2.75) is 275 Å². The third kappa shape index (κ3) is 32.4. The van der Waals surface area contributed by atoms with Crippen LogP contribution in [0.3, 0.4) is 0 Å². The molecule has 0 aliphatic carbocycles. The van der Waals surface area contributed by atoms with E-state index < -0.39 is 67.4 Å². The first-order chi connectivity index (χ1) is 32.2. The number of nitrogens with one attached hydrogen (secondary N) is 1. The molecule has 1 heterocycles. The van der Waals surface area contributed by atoms with Gasteiger partial charge in [0, 0.05) is 6.42 Å². The van der Waals surface area contributed by atoms with Crippen LogP contribution in [-0.4, -0.2) is 99.6 Å².